The highest BCUT2D eigenvalue weighted by atomic mass is 19.1. The van der Waals surface area contributed by atoms with Gasteiger partial charge in [0.25, 0.3) is 5.91 Å². The van der Waals surface area contributed by atoms with E-state index >= 15 is 0 Å². The van der Waals surface area contributed by atoms with Gasteiger partial charge in [0.1, 0.15) is 0 Å². The average molecular weight is 315 g/mol. The molecule has 0 bridgehead atoms. The van der Waals surface area contributed by atoms with Crippen molar-refractivity contribution in [3.05, 3.63) is 65.5 Å². The van der Waals surface area contributed by atoms with E-state index < -0.39 is 5.82 Å². The zero-order valence-electron chi connectivity index (χ0n) is 13.8. The number of para-hydroxylation sites is 1. The minimum Gasteiger partial charge on any atom is -0.481 e. The zero-order valence-corrected chi connectivity index (χ0v) is 13.8. The third-order valence-electron chi connectivity index (χ3n) is 3.70. The fourth-order valence-corrected chi connectivity index (χ4v) is 2.40. The monoisotopic (exact) mass is 315 g/mol. The number of ether oxygens (including phenoxy) is 1. The van der Waals surface area contributed by atoms with Crippen molar-refractivity contribution in [1.29, 1.82) is 0 Å². The average Bonchev–Trinajstić information content (AvgIpc) is 2.54. The number of rotatable bonds is 6. The van der Waals surface area contributed by atoms with Crippen LogP contribution in [0.5, 0.6) is 5.75 Å². The molecule has 0 N–H and O–H groups in total. The summed E-state index contributed by atoms with van der Waals surface area (Å²) in [6.45, 7) is 4.58. The lowest BCUT2D eigenvalue weighted by Crippen LogP contribution is -2.31. The largest absolute Gasteiger partial charge is 0.481 e. The van der Waals surface area contributed by atoms with Gasteiger partial charge in [-0.3, -0.25) is 4.79 Å². The van der Waals surface area contributed by atoms with E-state index in [1.807, 2.05) is 18.2 Å². The van der Waals surface area contributed by atoms with E-state index in [1.54, 1.807) is 24.1 Å². The summed E-state index contributed by atoms with van der Waals surface area (Å²) >= 11 is 0. The predicted molar refractivity (Wildman–Crippen MR) is 88.9 cm³/mol. The van der Waals surface area contributed by atoms with Crippen molar-refractivity contribution >= 4 is 5.91 Å². The number of carbonyl (C=O) groups excluding carboxylic acids is 1. The van der Waals surface area contributed by atoms with Gasteiger partial charge in [0.15, 0.2) is 18.2 Å². The summed E-state index contributed by atoms with van der Waals surface area (Å²) in [5.41, 5.74) is 2.34. The van der Waals surface area contributed by atoms with Gasteiger partial charge in [0.05, 0.1) is 0 Å². The summed E-state index contributed by atoms with van der Waals surface area (Å²) in [5, 5.41) is 0. The topological polar surface area (TPSA) is 29.5 Å². The molecule has 0 heterocycles. The molecule has 3 nitrogen and oxygen atoms in total. The number of nitrogens with zero attached hydrogens (tertiary/aromatic N) is 1. The summed E-state index contributed by atoms with van der Waals surface area (Å²) in [6, 6.07) is 14.1. The number of hydrogen-bond acceptors (Lipinski definition) is 2. The van der Waals surface area contributed by atoms with E-state index in [1.165, 1.54) is 17.7 Å². The Morgan fingerprint density at radius 1 is 1.13 bits per heavy atom. The van der Waals surface area contributed by atoms with Gasteiger partial charge in [-0.15, -0.1) is 0 Å². The molecule has 2 rings (SSSR count). The van der Waals surface area contributed by atoms with Crippen LogP contribution in [0.1, 0.15) is 30.9 Å². The summed E-state index contributed by atoms with van der Waals surface area (Å²) in [7, 11) is 1.73. The van der Waals surface area contributed by atoms with Gasteiger partial charge in [-0.25, -0.2) is 4.39 Å². The highest BCUT2D eigenvalue weighted by Crippen LogP contribution is 2.20. The van der Waals surface area contributed by atoms with Gasteiger partial charge in [-0.05, 0) is 29.2 Å². The molecule has 122 valence electrons. The first-order chi connectivity index (χ1) is 11.0. The highest BCUT2D eigenvalue weighted by molar-refractivity contribution is 5.77. The second kappa shape index (κ2) is 7.77. The van der Waals surface area contributed by atoms with Crippen LogP contribution in [-0.2, 0) is 11.3 Å². The Hall–Kier alpha value is -2.36. The molecule has 0 aliphatic rings. The zero-order chi connectivity index (χ0) is 16.8. The van der Waals surface area contributed by atoms with Crippen molar-refractivity contribution in [1.82, 2.24) is 4.90 Å². The normalized spacial score (nSPS) is 10.7. The van der Waals surface area contributed by atoms with Crippen LogP contribution in [0.15, 0.2) is 48.5 Å². The molecule has 0 saturated carbocycles. The van der Waals surface area contributed by atoms with E-state index in [-0.39, 0.29) is 18.3 Å². The number of amides is 1. The van der Waals surface area contributed by atoms with Gasteiger partial charge >= 0.3 is 0 Å². The molecular formula is C19H22FNO2. The summed E-state index contributed by atoms with van der Waals surface area (Å²) in [5.74, 6) is -0.166. The van der Waals surface area contributed by atoms with Crippen molar-refractivity contribution in [3.8, 4) is 5.75 Å². The van der Waals surface area contributed by atoms with E-state index in [0.29, 0.717) is 12.5 Å². The molecule has 0 radical (unpaired) electrons. The lowest BCUT2D eigenvalue weighted by Gasteiger charge is -2.20. The molecule has 1 amide bonds. The van der Waals surface area contributed by atoms with E-state index in [9.17, 15) is 9.18 Å². The third kappa shape index (κ3) is 4.55. The van der Waals surface area contributed by atoms with Crippen LogP contribution in [0.3, 0.4) is 0 Å². The smallest absolute Gasteiger partial charge is 0.260 e. The number of benzene rings is 2. The molecule has 23 heavy (non-hydrogen) atoms. The molecule has 4 heteroatoms. The minimum atomic E-state index is -0.465. The highest BCUT2D eigenvalue weighted by Gasteiger charge is 2.14. The molecule has 0 aromatic heterocycles. The maximum absolute atomic E-state index is 13.5. The predicted octanol–water partition coefficient (Wildman–Crippen LogP) is 3.99. The summed E-state index contributed by atoms with van der Waals surface area (Å²) in [6.07, 6.45) is 0. The molecule has 0 fully saturated rings. The van der Waals surface area contributed by atoms with Crippen molar-refractivity contribution in [2.24, 2.45) is 0 Å². The first-order valence-electron chi connectivity index (χ1n) is 7.68. The Balaban J connectivity index is 1.97. The molecule has 0 spiro atoms. The number of halogens is 1. The molecule has 2 aromatic rings. The fraction of sp³-hybridized carbons (Fsp3) is 0.316. The molecule has 0 aliphatic heterocycles. The van der Waals surface area contributed by atoms with Crippen molar-refractivity contribution in [3.63, 3.8) is 0 Å². The van der Waals surface area contributed by atoms with E-state index in [4.69, 9.17) is 4.74 Å². The minimum absolute atomic E-state index is 0.0943. The van der Waals surface area contributed by atoms with Crippen LogP contribution in [0.2, 0.25) is 0 Å². The Labute approximate surface area is 136 Å². The van der Waals surface area contributed by atoms with Crippen LogP contribution < -0.4 is 4.74 Å². The maximum atomic E-state index is 13.5. The van der Waals surface area contributed by atoms with E-state index in [2.05, 4.69) is 19.9 Å². The molecule has 0 atom stereocenters. The third-order valence-corrected chi connectivity index (χ3v) is 3.70. The first-order valence-corrected chi connectivity index (χ1v) is 7.68. The van der Waals surface area contributed by atoms with Gasteiger partial charge in [-0.1, -0.05) is 50.2 Å². The Bertz CT molecular complexity index is 670. The summed E-state index contributed by atoms with van der Waals surface area (Å²) in [4.78, 5) is 13.8. The molecule has 0 saturated heterocycles. The van der Waals surface area contributed by atoms with Crippen molar-refractivity contribution < 1.29 is 13.9 Å². The number of likely N-dealkylation sites (N-methyl/N-ethyl adjacent to an activating group) is 1. The molecule has 2 aromatic carbocycles. The van der Waals surface area contributed by atoms with E-state index in [0.717, 1.165) is 5.56 Å². The molecule has 0 aliphatic carbocycles. The van der Waals surface area contributed by atoms with Crippen molar-refractivity contribution in [2.75, 3.05) is 13.7 Å². The van der Waals surface area contributed by atoms with Gasteiger partial charge in [-0.2, -0.15) is 0 Å². The molecular weight excluding hydrogens is 293 g/mol. The van der Waals surface area contributed by atoms with Crippen LogP contribution >= 0.6 is 0 Å². The van der Waals surface area contributed by atoms with Crippen LogP contribution in [-0.4, -0.2) is 24.5 Å². The summed E-state index contributed by atoms with van der Waals surface area (Å²) < 4.78 is 18.7. The standard InChI is InChI=1S/C19H22FNO2/c1-14(2)16-9-5-4-8-15(16)12-21(3)19(22)13-23-18-11-7-6-10-17(18)20/h4-11,14H,12-13H2,1-3H3. The lowest BCUT2D eigenvalue weighted by molar-refractivity contribution is -0.132. The van der Waals surface area contributed by atoms with Crippen LogP contribution in [0.25, 0.3) is 0 Å². The SMILES string of the molecule is CC(C)c1ccccc1CN(C)C(=O)COc1ccccc1F. The second-order valence-electron chi connectivity index (χ2n) is 5.82. The first kappa shape index (κ1) is 17.0. The van der Waals surface area contributed by atoms with Crippen LogP contribution in [0.4, 0.5) is 4.39 Å². The quantitative estimate of drug-likeness (QED) is 0.807. The van der Waals surface area contributed by atoms with Gasteiger partial charge < -0.3 is 9.64 Å². The molecule has 0 unspecified atom stereocenters. The second-order valence-corrected chi connectivity index (χ2v) is 5.82. The maximum Gasteiger partial charge on any atom is 0.260 e. The Morgan fingerprint density at radius 3 is 2.48 bits per heavy atom. The Morgan fingerprint density at radius 2 is 1.78 bits per heavy atom. The number of carbonyl (C=O) groups is 1. The Kier molecular flexibility index (Phi) is 5.74. The van der Waals surface area contributed by atoms with Crippen molar-refractivity contribution in [2.45, 2.75) is 26.3 Å². The number of hydrogen-bond donors (Lipinski definition) is 0. The van der Waals surface area contributed by atoms with Crippen LogP contribution in [0, 0.1) is 5.82 Å². The fourth-order valence-electron chi connectivity index (χ4n) is 2.40. The van der Waals surface area contributed by atoms with Gasteiger partial charge in [0.2, 0.25) is 0 Å². The van der Waals surface area contributed by atoms with Gasteiger partial charge in [0, 0.05) is 13.6 Å². The lowest BCUT2D eigenvalue weighted by atomic mass is 9.97.